The number of nitrogens with zero attached hydrogens (tertiary/aromatic N) is 2. The van der Waals surface area contributed by atoms with Gasteiger partial charge in [-0.05, 0) is 38.2 Å². The second-order valence-corrected chi connectivity index (χ2v) is 5.10. The van der Waals surface area contributed by atoms with Crippen LogP contribution in [0.15, 0.2) is 23.1 Å². The number of amides is 1. The summed E-state index contributed by atoms with van der Waals surface area (Å²) in [5.74, 6) is -0.439. The fraction of sp³-hybridized carbons (Fsp3) is 0.462. The Bertz CT molecular complexity index is 453. The molecule has 0 spiro atoms. The lowest BCUT2D eigenvalue weighted by atomic mass is 10.2. The SMILES string of the molecule is CN1CCCN(C(=O)c2ccc(F)c(S)c2)CC1. The molecule has 0 aliphatic carbocycles. The molecule has 0 unspecified atom stereocenters. The van der Waals surface area contributed by atoms with E-state index in [2.05, 4.69) is 24.6 Å². The Morgan fingerprint density at radius 1 is 1.28 bits per heavy atom. The first kappa shape index (κ1) is 13.4. The summed E-state index contributed by atoms with van der Waals surface area (Å²) in [4.78, 5) is 16.5. The molecule has 2 rings (SSSR count). The summed E-state index contributed by atoms with van der Waals surface area (Å²) in [6.07, 6.45) is 0.969. The molecule has 1 saturated heterocycles. The van der Waals surface area contributed by atoms with E-state index in [4.69, 9.17) is 0 Å². The van der Waals surface area contributed by atoms with Crippen molar-refractivity contribution in [2.24, 2.45) is 0 Å². The van der Waals surface area contributed by atoms with Gasteiger partial charge in [-0.3, -0.25) is 4.79 Å². The maximum absolute atomic E-state index is 13.1. The fourth-order valence-corrected chi connectivity index (χ4v) is 2.29. The van der Waals surface area contributed by atoms with Gasteiger partial charge in [0, 0.05) is 30.1 Å². The summed E-state index contributed by atoms with van der Waals surface area (Å²) in [6.45, 7) is 3.35. The van der Waals surface area contributed by atoms with E-state index in [0.717, 1.165) is 26.1 Å². The summed E-state index contributed by atoms with van der Waals surface area (Å²) in [6, 6.07) is 4.31. The molecule has 1 aliphatic heterocycles. The molecular weight excluding hydrogens is 251 g/mol. The molecular formula is C13H17FN2OS. The molecule has 0 bridgehead atoms. The van der Waals surface area contributed by atoms with E-state index in [0.29, 0.717) is 12.1 Å². The normalized spacial score (nSPS) is 17.6. The first-order chi connectivity index (χ1) is 8.58. The van der Waals surface area contributed by atoms with E-state index in [9.17, 15) is 9.18 Å². The lowest BCUT2D eigenvalue weighted by Gasteiger charge is -2.20. The van der Waals surface area contributed by atoms with Gasteiger partial charge in [0.25, 0.3) is 5.91 Å². The van der Waals surface area contributed by atoms with Gasteiger partial charge >= 0.3 is 0 Å². The Balaban J connectivity index is 2.12. The minimum atomic E-state index is -0.398. The zero-order valence-electron chi connectivity index (χ0n) is 10.4. The number of hydrogen-bond donors (Lipinski definition) is 1. The zero-order chi connectivity index (χ0) is 13.1. The third kappa shape index (κ3) is 3.03. The zero-order valence-corrected chi connectivity index (χ0v) is 11.3. The first-order valence-corrected chi connectivity index (χ1v) is 6.49. The molecule has 98 valence electrons. The molecule has 1 amide bonds. The summed E-state index contributed by atoms with van der Waals surface area (Å²) < 4.78 is 13.1. The van der Waals surface area contributed by atoms with Gasteiger partial charge in [-0.15, -0.1) is 12.6 Å². The van der Waals surface area contributed by atoms with Crippen LogP contribution >= 0.6 is 12.6 Å². The van der Waals surface area contributed by atoms with Crippen LogP contribution in [-0.4, -0.2) is 48.9 Å². The second-order valence-electron chi connectivity index (χ2n) is 4.62. The molecule has 18 heavy (non-hydrogen) atoms. The maximum atomic E-state index is 13.1. The van der Waals surface area contributed by atoms with E-state index in [1.54, 1.807) is 0 Å². The van der Waals surface area contributed by atoms with Crippen LogP contribution in [0.3, 0.4) is 0 Å². The number of thiol groups is 1. The average Bonchev–Trinajstić information content (AvgIpc) is 2.57. The van der Waals surface area contributed by atoms with Crippen molar-refractivity contribution in [2.45, 2.75) is 11.3 Å². The molecule has 1 aliphatic rings. The van der Waals surface area contributed by atoms with Gasteiger partial charge in [0.15, 0.2) is 0 Å². The highest BCUT2D eigenvalue weighted by molar-refractivity contribution is 7.80. The number of carbonyl (C=O) groups excluding carboxylic acids is 1. The molecule has 0 aromatic heterocycles. The Hall–Kier alpha value is -1.07. The Morgan fingerprint density at radius 3 is 2.78 bits per heavy atom. The third-order valence-electron chi connectivity index (χ3n) is 3.20. The standard InChI is InChI=1S/C13H17FN2OS/c1-15-5-2-6-16(8-7-15)13(17)10-3-4-11(14)12(18)9-10/h3-4,9,18H,2,5-8H2,1H3. The molecule has 0 N–H and O–H groups in total. The maximum Gasteiger partial charge on any atom is 0.253 e. The topological polar surface area (TPSA) is 23.6 Å². The third-order valence-corrected chi connectivity index (χ3v) is 3.54. The van der Waals surface area contributed by atoms with E-state index >= 15 is 0 Å². The molecule has 3 nitrogen and oxygen atoms in total. The molecule has 1 fully saturated rings. The van der Waals surface area contributed by atoms with Crippen LogP contribution in [0.25, 0.3) is 0 Å². The number of rotatable bonds is 1. The van der Waals surface area contributed by atoms with Gasteiger partial charge in [-0.2, -0.15) is 0 Å². The highest BCUT2D eigenvalue weighted by Gasteiger charge is 2.19. The highest BCUT2D eigenvalue weighted by Crippen LogP contribution is 2.16. The minimum Gasteiger partial charge on any atom is -0.337 e. The van der Waals surface area contributed by atoms with Gasteiger partial charge in [-0.1, -0.05) is 0 Å². The highest BCUT2D eigenvalue weighted by atomic mass is 32.1. The number of carbonyl (C=O) groups is 1. The monoisotopic (exact) mass is 268 g/mol. The van der Waals surface area contributed by atoms with E-state index in [1.807, 2.05) is 4.90 Å². The van der Waals surface area contributed by atoms with Crippen LogP contribution < -0.4 is 0 Å². The summed E-state index contributed by atoms with van der Waals surface area (Å²) in [5, 5.41) is 0. The summed E-state index contributed by atoms with van der Waals surface area (Å²) >= 11 is 4.01. The van der Waals surface area contributed by atoms with Crippen LogP contribution in [0.2, 0.25) is 0 Å². The number of halogens is 1. The van der Waals surface area contributed by atoms with Crippen LogP contribution in [0.1, 0.15) is 16.8 Å². The van der Waals surface area contributed by atoms with E-state index < -0.39 is 5.82 Å². The van der Waals surface area contributed by atoms with Crippen molar-refractivity contribution in [3.8, 4) is 0 Å². The molecule has 1 heterocycles. The van der Waals surface area contributed by atoms with Gasteiger partial charge < -0.3 is 9.80 Å². The van der Waals surface area contributed by atoms with Gasteiger partial charge in [0.05, 0.1) is 0 Å². The molecule has 0 radical (unpaired) electrons. The molecule has 0 atom stereocenters. The van der Waals surface area contributed by atoms with Crippen LogP contribution in [0, 0.1) is 5.82 Å². The van der Waals surface area contributed by atoms with Crippen molar-refractivity contribution in [1.29, 1.82) is 0 Å². The summed E-state index contributed by atoms with van der Waals surface area (Å²) in [7, 11) is 2.05. The van der Waals surface area contributed by atoms with Crippen molar-refractivity contribution in [2.75, 3.05) is 33.2 Å². The molecule has 1 aromatic carbocycles. The fourth-order valence-electron chi connectivity index (χ4n) is 2.08. The van der Waals surface area contributed by atoms with Crippen molar-refractivity contribution < 1.29 is 9.18 Å². The largest absolute Gasteiger partial charge is 0.337 e. The van der Waals surface area contributed by atoms with Gasteiger partial charge in [0.2, 0.25) is 0 Å². The Labute approximate surface area is 112 Å². The van der Waals surface area contributed by atoms with Gasteiger partial charge in [0.1, 0.15) is 5.82 Å². The van der Waals surface area contributed by atoms with E-state index in [1.165, 1.54) is 18.2 Å². The van der Waals surface area contributed by atoms with Crippen LogP contribution in [-0.2, 0) is 0 Å². The van der Waals surface area contributed by atoms with E-state index in [-0.39, 0.29) is 10.8 Å². The predicted molar refractivity (Wildman–Crippen MR) is 71.7 cm³/mol. The first-order valence-electron chi connectivity index (χ1n) is 6.04. The van der Waals surface area contributed by atoms with Crippen molar-refractivity contribution >= 4 is 18.5 Å². The Kier molecular flexibility index (Phi) is 4.24. The number of benzene rings is 1. The smallest absolute Gasteiger partial charge is 0.253 e. The predicted octanol–water partition coefficient (Wildman–Crippen LogP) is 1.89. The van der Waals surface area contributed by atoms with Crippen molar-refractivity contribution in [3.63, 3.8) is 0 Å². The second kappa shape index (κ2) is 5.71. The molecule has 5 heteroatoms. The summed E-state index contributed by atoms with van der Waals surface area (Å²) in [5.41, 5.74) is 0.506. The Morgan fingerprint density at radius 2 is 2.06 bits per heavy atom. The minimum absolute atomic E-state index is 0.0411. The number of likely N-dealkylation sites (N-methyl/N-ethyl adjacent to an activating group) is 1. The molecule has 1 aromatic rings. The van der Waals surface area contributed by atoms with Gasteiger partial charge in [-0.25, -0.2) is 4.39 Å². The average molecular weight is 268 g/mol. The van der Waals surface area contributed by atoms with Crippen LogP contribution in [0.5, 0.6) is 0 Å². The molecule has 0 saturated carbocycles. The lowest BCUT2D eigenvalue weighted by molar-refractivity contribution is 0.0762. The van der Waals surface area contributed by atoms with Crippen molar-refractivity contribution in [3.05, 3.63) is 29.6 Å². The van der Waals surface area contributed by atoms with Crippen LogP contribution in [0.4, 0.5) is 4.39 Å². The lowest BCUT2D eigenvalue weighted by Crippen LogP contribution is -2.34. The van der Waals surface area contributed by atoms with Crippen molar-refractivity contribution in [1.82, 2.24) is 9.80 Å². The quantitative estimate of drug-likeness (QED) is 0.786. The number of hydrogen-bond acceptors (Lipinski definition) is 3.